The van der Waals surface area contributed by atoms with Crippen molar-refractivity contribution in [2.45, 2.75) is 13.2 Å². The Balaban J connectivity index is 1.67. The highest BCUT2D eigenvalue weighted by Gasteiger charge is 2.23. The normalized spacial score (nSPS) is 10.6. The predicted octanol–water partition coefficient (Wildman–Crippen LogP) is 5.21. The number of ether oxygens (including phenoxy) is 2. The maximum Gasteiger partial charge on any atom is 0.397 e. The van der Waals surface area contributed by atoms with Crippen LogP contribution in [0.25, 0.3) is 10.9 Å². The van der Waals surface area contributed by atoms with E-state index in [2.05, 4.69) is 9.27 Å². The molecule has 0 spiro atoms. The lowest BCUT2D eigenvalue weighted by molar-refractivity contribution is -0.128. The van der Waals surface area contributed by atoms with Crippen molar-refractivity contribution in [3.63, 3.8) is 0 Å². The topological polar surface area (TPSA) is 77.6 Å². The summed E-state index contributed by atoms with van der Waals surface area (Å²) in [5, 5.41) is 0.502. The molecule has 3 aromatic carbocycles. The lowest BCUT2D eigenvalue weighted by Crippen LogP contribution is -2.13. The van der Waals surface area contributed by atoms with Gasteiger partial charge in [0.05, 0.1) is 11.1 Å². The molecule has 0 bridgehead atoms. The smallest absolute Gasteiger partial charge is 0.397 e. The second kappa shape index (κ2) is 9.36. The number of aromatic amines is 1. The van der Waals surface area contributed by atoms with E-state index >= 15 is 0 Å². The quantitative estimate of drug-likeness (QED) is 0.304. The van der Waals surface area contributed by atoms with Crippen molar-refractivity contribution in [1.82, 2.24) is 4.98 Å². The molecule has 1 aromatic heterocycles. The molecule has 0 aliphatic carbocycles. The van der Waals surface area contributed by atoms with Gasteiger partial charge in [-0.2, -0.15) is 0 Å². The van der Waals surface area contributed by atoms with Crippen molar-refractivity contribution in [2.75, 3.05) is 0 Å². The van der Waals surface area contributed by atoms with Crippen LogP contribution in [0.15, 0.2) is 79.0 Å². The van der Waals surface area contributed by atoms with Crippen molar-refractivity contribution < 1.29 is 23.4 Å². The van der Waals surface area contributed by atoms with E-state index in [0.717, 1.165) is 11.1 Å². The minimum absolute atomic E-state index is 0.139. The third-order valence-corrected chi connectivity index (χ3v) is 4.86. The summed E-state index contributed by atoms with van der Waals surface area (Å²) in [5.41, 5.74) is 2.73. The van der Waals surface area contributed by atoms with Gasteiger partial charge in [-0.3, -0.25) is 4.79 Å². The SMILES string of the molecule is O=C(OCl)C(=O)c1c[nH]c2cc(OCc3ccccc3)c(OCc3ccccc3)cc12. The number of hydrogen-bond donors (Lipinski definition) is 1. The van der Waals surface area contributed by atoms with Crippen molar-refractivity contribution >= 4 is 34.5 Å². The van der Waals surface area contributed by atoms with Gasteiger partial charge in [0.25, 0.3) is 5.78 Å². The lowest BCUT2D eigenvalue weighted by Gasteiger charge is -2.14. The third-order valence-electron chi connectivity index (χ3n) is 4.72. The first-order valence-electron chi connectivity index (χ1n) is 9.51. The van der Waals surface area contributed by atoms with Crippen LogP contribution < -0.4 is 9.47 Å². The van der Waals surface area contributed by atoms with Crippen LogP contribution in [0.3, 0.4) is 0 Å². The monoisotopic (exact) mass is 435 g/mol. The van der Waals surface area contributed by atoms with Gasteiger partial charge in [-0.1, -0.05) is 60.7 Å². The minimum Gasteiger partial charge on any atom is -0.485 e. The number of ketones is 1. The van der Waals surface area contributed by atoms with E-state index in [9.17, 15) is 9.59 Å². The van der Waals surface area contributed by atoms with Crippen molar-refractivity contribution in [1.29, 1.82) is 0 Å². The molecule has 4 rings (SSSR count). The summed E-state index contributed by atoms with van der Waals surface area (Å²) in [7, 11) is 0. The minimum atomic E-state index is -1.15. The maximum atomic E-state index is 12.3. The summed E-state index contributed by atoms with van der Waals surface area (Å²) in [4.78, 5) is 26.9. The molecule has 31 heavy (non-hydrogen) atoms. The number of rotatable bonds is 8. The zero-order valence-corrected chi connectivity index (χ0v) is 17.1. The number of Topliss-reactive ketones (excluding diaryl/α,β-unsaturated/α-hetero) is 1. The van der Waals surface area contributed by atoms with Gasteiger partial charge in [-0.25, -0.2) is 4.79 Å². The highest BCUT2D eigenvalue weighted by Crippen LogP contribution is 2.35. The summed E-state index contributed by atoms with van der Waals surface area (Å²) in [6.07, 6.45) is 1.43. The Morgan fingerprint density at radius 2 is 1.35 bits per heavy atom. The van der Waals surface area contributed by atoms with Gasteiger partial charge in [0.1, 0.15) is 25.1 Å². The van der Waals surface area contributed by atoms with Crippen LogP contribution >= 0.6 is 11.9 Å². The van der Waals surface area contributed by atoms with Gasteiger partial charge in [-0.05, 0) is 17.2 Å². The van der Waals surface area contributed by atoms with Crippen molar-refractivity contribution in [3.8, 4) is 11.5 Å². The molecule has 0 radical (unpaired) electrons. The van der Waals surface area contributed by atoms with E-state index in [1.54, 1.807) is 12.1 Å². The molecule has 1 N–H and O–H groups in total. The van der Waals surface area contributed by atoms with Gasteiger partial charge in [-0.15, -0.1) is 0 Å². The van der Waals surface area contributed by atoms with E-state index in [4.69, 9.17) is 21.3 Å². The van der Waals surface area contributed by atoms with E-state index in [1.165, 1.54) is 6.20 Å². The fourth-order valence-corrected chi connectivity index (χ4v) is 3.23. The van der Waals surface area contributed by atoms with E-state index < -0.39 is 11.8 Å². The molecule has 4 aromatic rings. The predicted molar refractivity (Wildman–Crippen MR) is 116 cm³/mol. The van der Waals surface area contributed by atoms with E-state index in [1.807, 2.05) is 60.7 Å². The average Bonchev–Trinajstić information content (AvgIpc) is 3.24. The number of carbonyl (C=O) groups excluding carboxylic acids is 2. The molecule has 156 valence electrons. The molecule has 1 heterocycles. The first-order valence-corrected chi connectivity index (χ1v) is 9.82. The highest BCUT2D eigenvalue weighted by atomic mass is 35.5. The molecule has 0 aliphatic heterocycles. The molecule has 6 nitrogen and oxygen atoms in total. The first-order chi connectivity index (χ1) is 15.2. The van der Waals surface area contributed by atoms with Crippen LogP contribution in [0.5, 0.6) is 11.5 Å². The lowest BCUT2D eigenvalue weighted by atomic mass is 10.1. The van der Waals surface area contributed by atoms with Crippen LogP contribution in [0.2, 0.25) is 0 Å². The molecule has 0 saturated heterocycles. The zero-order chi connectivity index (χ0) is 21.6. The number of benzene rings is 3. The Morgan fingerprint density at radius 3 is 1.90 bits per heavy atom. The van der Waals surface area contributed by atoms with Gasteiger partial charge in [0.15, 0.2) is 11.5 Å². The number of halogens is 1. The standard InChI is InChI=1S/C24H18ClNO5/c25-31-24(28)23(27)19-13-26-20-12-22(30-15-17-9-5-2-6-10-17)21(11-18(19)20)29-14-16-7-3-1-4-8-16/h1-13,26H,14-15H2. The molecular formula is C24H18ClNO5. The number of nitrogens with one attached hydrogen (secondary N) is 1. The fraction of sp³-hybridized carbons (Fsp3) is 0.0833. The van der Waals surface area contributed by atoms with Gasteiger partial charge in [0, 0.05) is 17.6 Å². The number of aromatic nitrogens is 1. The van der Waals surface area contributed by atoms with Crippen LogP contribution in [0.4, 0.5) is 0 Å². The summed E-state index contributed by atoms with van der Waals surface area (Å²) >= 11 is 5.06. The van der Waals surface area contributed by atoms with Crippen LogP contribution in [0, 0.1) is 0 Å². The van der Waals surface area contributed by atoms with E-state index in [0.29, 0.717) is 35.6 Å². The Bertz CT molecular complexity index is 1200. The maximum absolute atomic E-state index is 12.3. The Labute approximate surface area is 183 Å². The molecule has 0 aliphatic rings. The zero-order valence-electron chi connectivity index (χ0n) is 16.3. The van der Waals surface area contributed by atoms with Gasteiger partial charge >= 0.3 is 5.97 Å². The van der Waals surface area contributed by atoms with Crippen molar-refractivity contribution in [3.05, 3.63) is 95.7 Å². The second-order valence-corrected chi connectivity index (χ2v) is 6.94. The number of carbonyl (C=O) groups is 2. The summed E-state index contributed by atoms with van der Waals surface area (Å²) in [6.45, 7) is 0.657. The third kappa shape index (κ3) is 4.70. The van der Waals surface area contributed by atoms with Gasteiger partial charge in [0.2, 0.25) is 0 Å². The molecule has 7 heteroatoms. The number of hydrogen-bond acceptors (Lipinski definition) is 5. The average molecular weight is 436 g/mol. The number of fused-ring (bicyclic) bond motifs is 1. The van der Waals surface area contributed by atoms with Gasteiger partial charge < -0.3 is 18.7 Å². The molecule has 0 unspecified atom stereocenters. The molecule has 0 atom stereocenters. The molecule has 0 amide bonds. The van der Waals surface area contributed by atoms with Crippen LogP contribution in [-0.4, -0.2) is 16.7 Å². The molecule has 0 saturated carbocycles. The second-order valence-electron chi connectivity index (χ2n) is 6.79. The van der Waals surface area contributed by atoms with E-state index in [-0.39, 0.29) is 5.56 Å². The first kappa shape index (κ1) is 20.5. The summed E-state index contributed by atoms with van der Waals surface area (Å²) in [6, 6.07) is 22.8. The molecule has 0 fully saturated rings. The largest absolute Gasteiger partial charge is 0.485 e. The molecular weight excluding hydrogens is 418 g/mol. The Kier molecular flexibility index (Phi) is 6.19. The Morgan fingerprint density at radius 1 is 0.806 bits per heavy atom. The summed E-state index contributed by atoms with van der Waals surface area (Å²) < 4.78 is 16.1. The van der Waals surface area contributed by atoms with Crippen molar-refractivity contribution in [2.24, 2.45) is 0 Å². The Hall–Kier alpha value is -3.77. The number of H-pyrrole nitrogens is 1. The fourth-order valence-electron chi connectivity index (χ4n) is 3.16. The highest BCUT2D eigenvalue weighted by molar-refractivity contribution is 6.45. The van der Waals surface area contributed by atoms with Crippen LogP contribution in [-0.2, 0) is 22.3 Å². The van der Waals surface area contributed by atoms with Crippen LogP contribution in [0.1, 0.15) is 21.5 Å². The summed E-state index contributed by atoms with van der Waals surface area (Å²) in [5.74, 6) is -1.06.